The van der Waals surface area contributed by atoms with Crippen molar-refractivity contribution in [3.63, 3.8) is 0 Å². The van der Waals surface area contributed by atoms with Gasteiger partial charge in [0, 0.05) is 17.3 Å². The van der Waals surface area contributed by atoms with E-state index in [1.165, 1.54) is 24.5 Å². The van der Waals surface area contributed by atoms with Gasteiger partial charge in [0.05, 0.1) is 11.8 Å². The average Bonchev–Trinajstić information content (AvgIpc) is 3.09. The van der Waals surface area contributed by atoms with Crippen LogP contribution in [0.25, 0.3) is 11.3 Å². The lowest BCUT2D eigenvalue weighted by Crippen LogP contribution is -2.13. The first kappa shape index (κ1) is 20.0. The van der Waals surface area contributed by atoms with Gasteiger partial charge in [-0.15, -0.1) is 12.4 Å². The van der Waals surface area contributed by atoms with Crippen molar-refractivity contribution in [2.45, 2.75) is 6.18 Å². The molecule has 0 saturated heterocycles. The number of nitrogens with zero attached hydrogens (tertiary/aromatic N) is 3. The molecular weight excluding hydrogens is 387 g/mol. The van der Waals surface area contributed by atoms with Crippen LogP contribution in [0.5, 0.6) is 0 Å². The van der Waals surface area contributed by atoms with Gasteiger partial charge in [0.15, 0.2) is 11.6 Å². The first-order valence-electron chi connectivity index (χ1n) is 7.21. The van der Waals surface area contributed by atoms with Gasteiger partial charge < -0.3 is 15.4 Å². The van der Waals surface area contributed by atoms with E-state index < -0.39 is 11.7 Å². The van der Waals surface area contributed by atoms with Gasteiger partial charge in [-0.2, -0.15) is 13.2 Å². The minimum absolute atomic E-state index is 0. The third kappa shape index (κ3) is 4.67. The van der Waals surface area contributed by atoms with E-state index in [9.17, 15) is 13.2 Å². The first-order chi connectivity index (χ1) is 12.4. The van der Waals surface area contributed by atoms with Crippen LogP contribution in [0.3, 0.4) is 0 Å². The van der Waals surface area contributed by atoms with Crippen LogP contribution < -0.4 is 11.1 Å². The molecule has 0 radical (unpaired) electrons. The zero-order valence-electron chi connectivity index (χ0n) is 13.4. The quantitative estimate of drug-likeness (QED) is 0.264. The number of oxime groups is 1. The van der Waals surface area contributed by atoms with E-state index in [-0.39, 0.29) is 24.3 Å². The standard InChI is InChI=1S/C16H12F3N5O2.ClH/c17-16(18,19)11-4-1-9(2-5-11)12-8-22-15(26-12)23-13-6-3-10(7-21-13)14(20)24-25;/h1-8,25H,(H2,20,24)(H,21,22,23);1H. The van der Waals surface area contributed by atoms with Crippen molar-refractivity contribution >= 4 is 30.1 Å². The van der Waals surface area contributed by atoms with E-state index in [1.807, 2.05) is 0 Å². The predicted octanol–water partition coefficient (Wildman–Crippen LogP) is 4.02. The third-order valence-corrected chi connectivity index (χ3v) is 3.40. The van der Waals surface area contributed by atoms with Gasteiger partial charge in [0.1, 0.15) is 5.82 Å². The fourth-order valence-corrected chi connectivity index (χ4v) is 2.08. The number of pyridine rings is 1. The molecule has 0 aliphatic carbocycles. The number of nitrogens with two attached hydrogens (primary N) is 1. The minimum Gasteiger partial charge on any atom is -0.423 e. The number of benzene rings is 1. The molecule has 142 valence electrons. The average molecular weight is 400 g/mol. The van der Waals surface area contributed by atoms with Crippen molar-refractivity contribution in [3.8, 4) is 11.3 Å². The lowest BCUT2D eigenvalue weighted by Gasteiger charge is -2.06. The molecule has 3 aromatic rings. The maximum atomic E-state index is 12.6. The fraction of sp³-hybridized carbons (Fsp3) is 0.0625. The molecule has 0 aliphatic rings. The summed E-state index contributed by atoms with van der Waals surface area (Å²) in [6.45, 7) is 0. The number of hydrogen-bond acceptors (Lipinski definition) is 6. The Hall–Kier alpha value is -3.27. The highest BCUT2D eigenvalue weighted by atomic mass is 35.5. The molecule has 0 atom stereocenters. The van der Waals surface area contributed by atoms with E-state index in [4.69, 9.17) is 15.4 Å². The van der Waals surface area contributed by atoms with Gasteiger partial charge in [-0.05, 0) is 24.3 Å². The van der Waals surface area contributed by atoms with Crippen molar-refractivity contribution in [3.05, 3.63) is 59.9 Å². The monoisotopic (exact) mass is 399 g/mol. The summed E-state index contributed by atoms with van der Waals surface area (Å²) >= 11 is 0. The number of alkyl halides is 3. The van der Waals surface area contributed by atoms with Gasteiger partial charge in [-0.1, -0.05) is 17.3 Å². The first-order valence-corrected chi connectivity index (χ1v) is 7.21. The predicted molar refractivity (Wildman–Crippen MR) is 94.2 cm³/mol. The lowest BCUT2D eigenvalue weighted by molar-refractivity contribution is -0.137. The van der Waals surface area contributed by atoms with Crippen LogP contribution in [-0.2, 0) is 6.18 Å². The molecule has 1 aromatic carbocycles. The van der Waals surface area contributed by atoms with Crippen LogP contribution >= 0.6 is 12.4 Å². The van der Waals surface area contributed by atoms with Gasteiger partial charge in [-0.3, -0.25) is 5.32 Å². The van der Waals surface area contributed by atoms with Crippen LogP contribution in [0, 0.1) is 0 Å². The number of rotatable bonds is 4. The molecule has 0 aliphatic heterocycles. The second kappa shape index (κ2) is 7.96. The van der Waals surface area contributed by atoms with Crippen molar-refractivity contribution in [2.75, 3.05) is 5.32 Å². The molecule has 0 bridgehead atoms. The Kier molecular flexibility index (Phi) is 5.91. The number of nitrogens with one attached hydrogen (secondary N) is 1. The molecule has 0 unspecified atom stereocenters. The van der Waals surface area contributed by atoms with E-state index >= 15 is 0 Å². The van der Waals surface area contributed by atoms with Gasteiger partial charge in [0.2, 0.25) is 0 Å². The Bertz CT molecular complexity index is 924. The van der Waals surface area contributed by atoms with E-state index in [0.29, 0.717) is 22.7 Å². The number of hydrogen-bond donors (Lipinski definition) is 3. The van der Waals surface area contributed by atoms with Crippen LogP contribution in [0.4, 0.5) is 25.0 Å². The second-order valence-electron chi connectivity index (χ2n) is 5.15. The summed E-state index contributed by atoms with van der Waals surface area (Å²) in [4.78, 5) is 8.06. The highest BCUT2D eigenvalue weighted by Crippen LogP contribution is 2.31. The number of oxazole rings is 1. The number of aromatic nitrogens is 2. The van der Waals surface area contributed by atoms with Crippen LogP contribution in [0.15, 0.2) is 58.4 Å². The zero-order chi connectivity index (χ0) is 18.7. The Morgan fingerprint density at radius 2 is 1.78 bits per heavy atom. The maximum absolute atomic E-state index is 12.6. The van der Waals surface area contributed by atoms with Crippen LogP contribution in [-0.4, -0.2) is 21.0 Å². The van der Waals surface area contributed by atoms with Crippen LogP contribution in [0.1, 0.15) is 11.1 Å². The molecule has 0 saturated carbocycles. The van der Waals surface area contributed by atoms with Crippen LogP contribution in [0.2, 0.25) is 0 Å². The minimum atomic E-state index is -4.39. The molecule has 11 heteroatoms. The topological polar surface area (TPSA) is 110 Å². The van der Waals surface area contributed by atoms with Crippen molar-refractivity contribution < 1.29 is 22.8 Å². The molecule has 0 amide bonds. The van der Waals surface area contributed by atoms with Gasteiger partial charge in [-0.25, -0.2) is 9.97 Å². The number of amidine groups is 1. The van der Waals surface area contributed by atoms with E-state index in [2.05, 4.69) is 20.4 Å². The molecule has 0 fully saturated rings. The summed E-state index contributed by atoms with van der Waals surface area (Å²) in [6.07, 6.45) is -1.62. The number of anilines is 2. The summed E-state index contributed by atoms with van der Waals surface area (Å²) in [6, 6.07) is 7.80. The van der Waals surface area contributed by atoms with Crippen molar-refractivity contribution in [1.82, 2.24) is 9.97 Å². The molecule has 2 heterocycles. The Balaban J connectivity index is 0.00000261. The summed E-state index contributed by atoms with van der Waals surface area (Å²) in [7, 11) is 0. The summed E-state index contributed by atoms with van der Waals surface area (Å²) in [5.74, 6) is 0.611. The normalized spacial score (nSPS) is 11.7. The number of halogens is 4. The molecule has 4 N–H and O–H groups in total. The van der Waals surface area contributed by atoms with E-state index in [1.54, 1.807) is 12.1 Å². The maximum Gasteiger partial charge on any atom is 0.416 e. The zero-order valence-corrected chi connectivity index (χ0v) is 14.3. The third-order valence-electron chi connectivity index (χ3n) is 3.40. The second-order valence-corrected chi connectivity index (χ2v) is 5.15. The van der Waals surface area contributed by atoms with E-state index in [0.717, 1.165) is 12.1 Å². The highest BCUT2D eigenvalue weighted by Gasteiger charge is 2.30. The molecule has 2 aromatic heterocycles. The summed E-state index contributed by atoms with van der Waals surface area (Å²) < 4.78 is 43.2. The molecule has 3 rings (SSSR count). The lowest BCUT2D eigenvalue weighted by atomic mass is 10.1. The summed E-state index contributed by atoms with van der Waals surface area (Å²) in [5, 5.41) is 14.3. The highest BCUT2D eigenvalue weighted by molar-refractivity contribution is 5.96. The molecule has 0 spiro atoms. The molecule has 27 heavy (non-hydrogen) atoms. The van der Waals surface area contributed by atoms with Gasteiger partial charge >= 0.3 is 12.2 Å². The smallest absolute Gasteiger partial charge is 0.416 e. The summed E-state index contributed by atoms with van der Waals surface area (Å²) in [5.41, 5.74) is 5.58. The fourth-order valence-electron chi connectivity index (χ4n) is 2.08. The Morgan fingerprint density at radius 1 is 1.07 bits per heavy atom. The van der Waals surface area contributed by atoms with Gasteiger partial charge in [0.25, 0.3) is 0 Å². The molecular formula is C16H13ClF3N5O2. The Labute approximate surface area is 157 Å². The SMILES string of the molecule is Cl.NC(=NO)c1ccc(Nc2ncc(-c3ccc(C(F)(F)F)cc3)o2)nc1. The Morgan fingerprint density at radius 3 is 2.33 bits per heavy atom. The molecule has 7 nitrogen and oxygen atoms in total. The largest absolute Gasteiger partial charge is 0.423 e. The van der Waals surface area contributed by atoms with Crippen molar-refractivity contribution in [2.24, 2.45) is 10.9 Å². The van der Waals surface area contributed by atoms with Crippen molar-refractivity contribution in [1.29, 1.82) is 0 Å².